The minimum atomic E-state index is -2.32. The fourth-order valence-corrected chi connectivity index (χ4v) is 15.4. The summed E-state index contributed by atoms with van der Waals surface area (Å²) in [6.45, 7) is 26.0. The first-order chi connectivity index (χ1) is 23.6. The molecular weight excluding hydrogens is 639 g/mol. The van der Waals surface area contributed by atoms with Gasteiger partial charge in [0.05, 0.1) is 17.1 Å². The van der Waals surface area contributed by atoms with Crippen molar-refractivity contribution in [2.75, 3.05) is 55.7 Å². The van der Waals surface area contributed by atoms with Gasteiger partial charge in [0.25, 0.3) is 0 Å². The number of rotatable bonds is 8. The largest absolute Gasteiger partial charge is 0.351 e. The number of aromatic nitrogens is 1. The van der Waals surface area contributed by atoms with Crippen molar-refractivity contribution in [3.05, 3.63) is 36.0 Å². The zero-order chi connectivity index (χ0) is 35.7. The summed E-state index contributed by atoms with van der Waals surface area (Å²) in [6, 6.07) is 6.24. The summed E-state index contributed by atoms with van der Waals surface area (Å²) in [5.74, 6) is 5.58. The first kappa shape index (κ1) is 36.7. The molecule has 0 spiro atoms. The van der Waals surface area contributed by atoms with Crippen LogP contribution in [-0.4, -0.2) is 75.3 Å². The Hall–Kier alpha value is -1.63. The molecule has 0 unspecified atom stereocenters. The van der Waals surface area contributed by atoms with Crippen LogP contribution in [0.25, 0.3) is 0 Å². The molecule has 278 valence electrons. The minimum Gasteiger partial charge on any atom is -0.351 e. The van der Waals surface area contributed by atoms with E-state index in [9.17, 15) is 14.4 Å². The second-order valence-corrected chi connectivity index (χ2v) is 21.6. The van der Waals surface area contributed by atoms with E-state index in [0.717, 1.165) is 69.3 Å². The summed E-state index contributed by atoms with van der Waals surface area (Å²) in [5.41, 5.74) is 3.43. The van der Waals surface area contributed by atoms with Crippen molar-refractivity contribution in [1.82, 2.24) is 15.2 Å². The Bertz CT molecular complexity index is 1470. The van der Waals surface area contributed by atoms with Crippen LogP contribution in [0.1, 0.15) is 111 Å². The van der Waals surface area contributed by atoms with Gasteiger partial charge in [0, 0.05) is 37.9 Å². The summed E-state index contributed by atoms with van der Waals surface area (Å²) >= 11 is 0. The fraction of sp³-hybridized carbons (Fsp3) is 0.810. The second-order valence-electron chi connectivity index (χ2n) is 19.2. The van der Waals surface area contributed by atoms with Crippen molar-refractivity contribution in [1.29, 1.82) is 5.26 Å². The van der Waals surface area contributed by atoms with Crippen LogP contribution in [0.4, 0.5) is 5.82 Å². The predicted molar refractivity (Wildman–Crippen MR) is 207 cm³/mol. The van der Waals surface area contributed by atoms with Gasteiger partial charge in [-0.15, -0.1) is 0 Å². The van der Waals surface area contributed by atoms with Crippen LogP contribution in [-0.2, 0) is 0 Å². The lowest BCUT2D eigenvalue weighted by atomic mass is 9.33. The SMILES string of the molecule is C=C(C)[C@@H]1CC[C@]2(CNCCCN3CCS(O)(O)CC3)CC[C@]3(C)[C@H](CC[C@@H]4[C@@]5(C)CCN(c6ccc(C#N)cn6)C(C)(C)[C@@H]5CC[C@]43C)[C@@H]12. The van der Waals surface area contributed by atoms with E-state index < -0.39 is 10.6 Å². The quantitative estimate of drug-likeness (QED) is 0.184. The van der Waals surface area contributed by atoms with Gasteiger partial charge in [0.2, 0.25) is 0 Å². The van der Waals surface area contributed by atoms with E-state index in [0.29, 0.717) is 50.6 Å². The van der Waals surface area contributed by atoms with E-state index in [-0.39, 0.29) is 5.54 Å². The zero-order valence-electron chi connectivity index (χ0n) is 32.1. The molecule has 1 aromatic heterocycles. The lowest BCUT2D eigenvalue weighted by Crippen LogP contribution is -2.70. The number of anilines is 1. The average molecular weight is 706 g/mol. The third-order valence-electron chi connectivity index (χ3n) is 16.9. The van der Waals surface area contributed by atoms with E-state index >= 15 is 0 Å². The Morgan fingerprint density at radius 2 is 1.72 bits per heavy atom. The van der Waals surface area contributed by atoms with Crippen LogP contribution in [0.15, 0.2) is 30.5 Å². The van der Waals surface area contributed by atoms with Crippen molar-refractivity contribution in [2.24, 2.45) is 51.2 Å². The first-order valence-corrected chi connectivity index (χ1v) is 21.9. The van der Waals surface area contributed by atoms with Crippen LogP contribution >= 0.6 is 10.6 Å². The molecule has 6 aliphatic rings. The molecule has 4 saturated carbocycles. The lowest BCUT2D eigenvalue weighted by Gasteiger charge is -2.73. The second kappa shape index (κ2) is 13.0. The molecule has 50 heavy (non-hydrogen) atoms. The highest BCUT2D eigenvalue weighted by atomic mass is 32.3. The number of nitriles is 1. The number of nitrogens with zero attached hydrogens (tertiary/aromatic N) is 4. The van der Waals surface area contributed by atoms with E-state index in [1.54, 1.807) is 6.20 Å². The summed E-state index contributed by atoms with van der Waals surface area (Å²) in [6.07, 6.45) is 14.8. The van der Waals surface area contributed by atoms with Gasteiger partial charge in [0.15, 0.2) is 0 Å². The Labute approximate surface area is 305 Å². The fourth-order valence-electron chi connectivity index (χ4n) is 14.1. The number of hydrogen-bond donors (Lipinski definition) is 3. The Morgan fingerprint density at radius 1 is 0.960 bits per heavy atom. The van der Waals surface area contributed by atoms with Crippen molar-refractivity contribution in [3.8, 4) is 6.07 Å². The summed E-state index contributed by atoms with van der Waals surface area (Å²) < 4.78 is 20.0. The first-order valence-electron chi connectivity index (χ1n) is 20.1. The molecule has 0 radical (unpaired) electrons. The third kappa shape index (κ3) is 5.79. The Morgan fingerprint density at radius 3 is 2.40 bits per heavy atom. The number of fused-ring (bicyclic) bond motifs is 7. The number of piperidine rings is 1. The number of nitrogens with one attached hydrogen (secondary N) is 1. The standard InChI is InChI=1S/C42H67N5O2S/c1-30(2)32-13-16-42(29-44-20-8-21-46-23-25-50(48,49)26-24-46)18-17-40(6)33(37(32)42)10-11-35-39(5)19-22-47(36-12-9-31(27-43)28-45-36)38(3,4)34(39)14-15-41(35,40)7/h9,12,28,32-35,37,44,48-49H,1,8,10-11,13-26,29H2,2-7H3/t32-,33+,34-,35+,37+,39-,40+,41+,42+/m0/s1. The van der Waals surface area contributed by atoms with Crippen molar-refractivity contribution in [2.45, 2.75) is 111 Å². The molecule has 0 bridgehead atoms. The molecule has 3 N–H and O–H groups in total. The number of pyridine rings is 1. The normalized spacial score (nSPS) is 42.7. The highest BCUT2D eigenvalue weighted by molar-refractivity contribution is 8.24. The van der Waals surface area contributed by atoms with E-state index in [1.807, 2.05) is 6.07 Å². The third-order valence-corrected chi connectivity index (χ3v) is 18.5. The van der Waals surface area contributed by atoms with Crippen molar-refractivity contribution in [3.63, 3.8) is 0 Å². The Balaban J connectivity index is 1.07. The minimum absolute atomic E-state index is 0.00835. The van der Waals surface area contributed by atoms with E-state index in [2.05, 4.69) is 75.4 Å². The lowest BCUT2D eigenvalue weighted by molar-refractivity contribution is -0.227. The molecule has 1 aromatic rings. The zero-order valence-corrected chi connectivity index (χ0v) is 33.0. The smallest absolute Gasteiger partial charge is 0.129 e. The molecule has 0 aromatic carbocycles. The van der Waals surface area contributed by atoms with Crippen LogP contribution in [0, 0.1) is 62.6 Å². The molecule has 7 rings (SSSR count). The molecule has 9 atom stereocenters. The highest BCUT2D eigenvalue weighted by Gasteiger charge is 2.70. The molecule has 3 heterocycles. The average Bonchev–Trinajstić information content (AvgIpc) is 3.46. The van der Waals surface area contributed by atoms with Gasteiger partial charge in [-0.05, 0) is 161 Å². The summed E-state index contributed by atoms with van der Waals surface area (Å²) in [7, 11) is -2.32. The maximum atomic E-state index is 10.0. The molecule has 6 fully saturated rings. The van der Waals surface area contributed by atoms with Gasteiger partial charge in [-0.25, -0.2) is 4.98 Å². The van der Waals surface area contributed by atoms with Gasteiger partial charge in [-0.2, -0.15) is 15.9 Å². The highest BCUT2D eigenvalue weighted by Crippen LogP contribution is 2.76. The Kier molecular flexibility index (Phi) is 9.58. The van der Waals surface area contributed by atoms with Crippen LogP contribution in [0.5, 0.6) is 0 Å². The van der Waals surface area contributed by atoms with Gasteiger partial charge in [-0.1, -0.05) is 32.9 Å². The molecule has 4 aliphatic carbocycles. The van der Waals surface area contributed by atoms with Crippen LogP contribution in [0.2, 0.25) is 0 Å². The molecule has 8 heteroatoms. The number of hydrogen-bond acceptors (Lipinski definition) is 7. The maximum absolute atomic E-state index is 10.0. The monoisotopic (exact) mass is 706 g/mol. The van der Waals surface area contributed by atoms with Crippen molar-refractivity contribution >= 4 is 16.4 Å². The van der Waals surface area contributed by atoms with Crippen LogP contribution < -0.4 is 10.2 Å². The van der Waals surface area contributed by atoms with E-state index in [4.69, 9.17) is 4.98 Å². The summed E-state index contributed by atoms with van der Waals surface area (Å²) in [4.78, 5) is 9.76. The van der Waals surface area contributed by atoms with E-state index in [1.165, 1.54) is 63.4 Å². The van der Waals surface area contributed by atoms with Crippen LogP contribution in [0.3, 0.4) is 0 Å². The maximum Gasteiger partial charge on any atom is 0.129 e. The molecule has 7 nitrogen and oxygen atoms in total. The molecular formula is C42H67N5O2S. The predicted octanol–water partition coefficient (Wildman–Crippen LogP) is 8.83. The van der Waals surface area contributed by atoms with Crippen molar-refractivity contribution < 1.29 is 9.11 Å². The van der Waals surface area contributed by atoms with Gasteiger partial charge < -0.3 is 15.1 Å². The molecule has 2 aliphatic heterocycles. The van der Waals surface area contributed by atoms with Gasteiger partial charge in [0.1, 0.15) is 11.9 Å². The van der Waals surface area contributed by atoms with Gasteiger partial charge in [-0.3, -0.25) is 9.11 Å². The number of allylic oxidation sites excluding steroid dienone is 1. The van der Waals surface area contributed by atoms with Gasteiger partial charge >= 0.3 is 0 Å². The topological polar surface area (TPSA) is 95.7 Å². The summed E-state index contributed by atoms with van der Waals surface area (Å²) in [5, 5.41) is 13.4. The molecule has 0 amide bonds. The molecule has 2 saturated heterocycles.